The van der Waals surface area contributed by atoms with Crippen LogP contribution in [0.2, 0.25) is 0 Å². The summed E-state index contributed by atoms with van der Waals surface area (Å²) in [4.78, 5) is 10.2. The molecule has 3 N–H and O–H groups in total. The molecule has 2 nitrogen and oxygen atoms in total. The van der Waals surface area contributed by atoms with Crippen molar-refractivity contribution in [3.63, 3.8) is 0 Å². The zero-order valence-corrected chi connectivity index (χ0v) is 6.36. The second kappa shape index (κ2) is 3.88. The van der Waals surface area contributed by atoms with Gasteiger partial charge in [0.25, 0.3) is 0 Å². The second-order valence-electron chi connectivity index (χ2n) is 2.59. The minimum atomic E-state index is -0.114. The fourth-order valence-electron chi connectivity index (χ4n) is 0.965. The van der Waals surface area contributed by atoms with E-state index in [0.29, 0.717) is 0 Å². The van der Waals surface area contributed by atoms with Crippen molar-refractivity contribution in [3.8, 4) is 0 Å². The average molecular weight is 150 g/mol. The van der Waals surface area contributed by atoms with Crippen molar-refractivity contribution in [2.24, 2.45) is 0 Å². The molecule has 0 saturated heterocycles. The van der Waals surface area contributed by atoms with Crippen molar-refractivity contribution in [3.05, 3.63) is 35.9 Å². The van der Waals surface area contributed by atoms with Crippen LogP contribution in [0.4, 0.5) is 0 Å². The topological polar surface area (TPSA) is 44.7 Å². The molecular formula is C9H12NO+. The SMILES string of the molecule is [NH3+][C@H](C=O)Cc1ccccc1. The van der Waals surface area contributed by atoms with Gasteiger partial charge in [0.15, 0.2) is 6.29 Å². The molecule has 0 spiro atoms. The van der Waals surface area contributed by atoms with Crippen molar-refractivity contribution in [2.75, 3.05) is 0 Å². The monoisotopic (exact) mass is 150 g/mol. The summed E-state index contributed by atoms with van der Waals surface area (Å²) in [6, 6.07) is 9.78. The highest BCUT2D eigenvalue weighted by Crippen LogP contribution is 1.99. The lowest BCUT2D eigenvalue weighted by Crippen LogP contribution is -2.62. The van der Waals surface area contributed by atoms with Gasteiger partial charge in [0.05, 0.1) is 0 Å². The van der Waals surface area contributed by atoms with Crippen LogP contribution in [-0.4, -0.2) is 12.3 Å². The molecule has 0 aliphatic carbocycles. The maximum Gasteiger partial charge on any atom is 0.177 e. The molecule has 0 heterocycles. The Morgan fingerprint density at radius 3 is 2.55 bits per heavy atom. The number of aldehydes is 1. The van der Waals surface area contributed by atoms with Crippen LogP contribution in [0.3, 0.4) is 0 Å². The van der Waals surface area contributed by atoms with E-state index in [1.807, 2.05) is 30.3 Å². The molecule has 0 amide bonds. The summed E-state index contributed by atoms with van der Waals surface area (Å²) in [6.45, 7) is 0. The molecular weight excluding hydrogens is 138 g/mol. The predicted molar refractivity (Wildman–Crippen MR) is 42.9 cm³/mol. The van der Waals surface area contributed by atoms with Gasteiger partial charge in [0, 0.05) is 6.42 Å². The highest BCUT2D eigenvalue weighted by atomic mass is 16.1. The molecule has 0 aromatic heterocycles. The number of quaternary nitrogens is 1. The molecule has 1 atom stereocenters. The molecule has 0 radical (unpaired) electrons. The zero-order chi connectivity index (χ0) is 8.10. The highest BCUT2D eigenvalue weighted by Gasteiger charge is 2.03. The van der Waals surface area contributed by atoms with Gasteiger partial charge in [0.2, 0.25) is 0 Å². The summed E-state index contributed by atoms with van der Waals surface area (Å²) in [6.07, 6.45) is 1.62. The van der Waals surface area contributed by atoms with Crippen LogP contribution >= 0.6 is 0 Å². The lowest BCUT2D eigenvalue weighted by molar-refractivity contribution is -0.399. The summed E-state index contributed by atoms with van der Waals surface area (Å²) in [5, 5.41) is 0. The van der Waals surface area contributed by atoms with E-state index in [4.69, 9.17) is 0 Å². The Hall–Kier alpha value is -1.15. The third-order valence-electron chi connectivity index (χ3n) is 1.53. The molecule has 1 rings (SSSR count). The van der Waals surface area contributed by atoms with Crippen molar-refractivity contribution >= 4 is 6.29 Å². The summed E-state index contributed by atoms with van der Waals surface area (Å²) in [7, 11) is 0. The van der Waals surface area contributed by atoms with Crippen molar-refractivity contribution < 1.29 is 10.5 Å². The van der Waals surface area contributed by atoms with E-state index in [1.54, 1.807) is 0 Å². The fourth-order valence-corrected chi connectivity index (χ4v) is 0.965. The molecule has 11 heavy (non-hydrogen) atoms. The van der Waals surface area contributed by atoms with Crippen molar-refractivity contribution in [2.45, 2.75) is 12.5 Å². The number of hydrogen-bond acceptors (Lipinski definition) is 1. The molecule has 0 unspecified atom stereocenters. The van der Waals surface area contributed by atoms with Crippen LogP contribution in [0, 0.1) is 0 Å². The average Bonchev–Trinajstić information content (AvgIpc) is 2.06. The largest absolute Gasteiger partial charge is 0.349 e. The van der Waals surface area contributed by atoms with Gasteiger partial charge in [-0.15, -0.1) is 0 Å². The Labute approximate surface area is 66.0 Å². The lowest BCUT2D eigenvalue weighted by Gasteiger charge is -1.99. The Bertz CT molecular complexity index is 220. The van der Waals surface area contributed by atoms with E-state index in [1.165, 1.54) is 5.56 Å². The quantitative estimate of drug-likeness (QED) is 0.607. The van der Waals surface area contributed by atoms with Gasteiger partial charge in [-0.2, -0.15) is 0 Å². The van der Waals surface area contributed by atoms with Crippen molar-refractivity contribution in [1.29, 1.82) is 0 Å². The molecule has 0 aliphatic rings. The first kappa shape index (κ1) is 7.95. The number of hydrogen-bond donors (Lipinski definition) is 1. The van der Waals surface area contributed by atoms with Gasteiger partial charge in [-0.25, -0.2) is 0 Å². The third-order valence-corrected chi connectivity index (χ3v) is 1.53. The molecule has 58 valence electrons. The van der Waals surface area contributed by atoms with Crippen LogP contribution in [0.25, 0.3) is 0 Å². The minimum absolute atomic E-state index is 0.114. The first-order valence-corrected chi connectivity index (χ1v) is 3.65. The molecule has 2 heteroatoms. The lowest BCUT2D eigenvalue weighted by atomic mass is 10.1. The summed E-state index contributed by atoms with van der Waals surface area (Å²) >= 11 is 0. The van der Waals surface area contributed by atoms with E-state index >= 15 is 0 Å². The smallest absolute Gasteiger partial charge is 0.177 e. The first-order valence-electron chi connectivity index (χ1n) is 3.65. The van der Waals surface area contributed by atoms with Gasteiger partial charge in [0.1, 0.15) is 6.04 Å². The summed E-state index contributed by atoms with van der Waals surface area (Å²) in [5.74, 6) is 0. The van der Waals surface area contributed by atoms with Crippen LogP contribution in [0.15, 0.2) is 30.3 Å². The van der Waals surface area contributed by atoms with Gasteiger partial charge >= 0.3 is 0 Å². The highest BCUT2D eigenvalue weighted by molar-refractivity contribution is 5.55. The standard InChI is InChI=1S/C9H11NO/c10-9(7-11)6-8-4-2-1-3-5-8/h1-5,7,9H,6,10H2/p+1/t9-/m0/s1. The fraction of sp³-hybridized carbons (Fsp3) is 0.222. The van der Waals surface area contributed by atoms with Gasteiger partial charge in [-0.3, -0.25) is 4.79 Å². The third kappa shape index (κ3) is 2.51. The van der Waals surface area contributed by atoms with Crippen LogP contribution in [0.5, 0.6) is 0 Å². The molecule has 1 aromatic rings. The van der Waals surface area contributed by atoms with E-state index in [0.717, 1.165) is 12.7 Å². The summed E-state index contributed by atoms with van der Waals surface area (Å²) < 4.78 is 0. The number of carbonyl (C=O) groups is 1. The van der Waals surface area contributed by atoms with E-state index in [9.17, 15) is 4.79 Å². The van der Waals surface area contributed by atoms with Crippen molar-refractivity contribution in [1.82, 2.24) is 0 Å². The first-order chi connectivity index (χ1) is 5.33. The number of carbonyl (C=O) groups excluding carboxylic acids is 1. The van der Waals surface area contributed by atoms with E-state index in [2.05, 4.69) is 5.73 Å². The zero-order valence-electron chi connectivity index (χ0n) is 6.36. The normalized spacial score (nSPS) is 12.5. The van der Waals surface area contributed by atoms with E-state index in [-0.39, 0.29) is 6.04 Å². The van der Waals surface area contributed by atoms with Gasteiger partial charge in [-0.1, -0.05) is 30.3 Å². The second-order valence-corrected chi connectivity index (χ2v) is 2.59. The Kier molecular flexibility index (Phi) is 2.81. The molecule has 0 aliphatic heterocycles. The van der Waals surface area contributed by atoms with Crippen LogP contribution in [-0.2, 0) is 11.2 Å². The minimum Gasteiger partial charge on any atom is -0.349 e. The Morgan fingerprint density at radius 1 is 1.36 bits per heavy atom. The maximum atomic E-state index is 10.2. The number of benzene rings is 1. The molecule has 0 saturated carbocycles. The van der Waals surface area contributed by atoms with Crippen LogP contribution in [0.1, 0.15) is 5.56 Å². The van der Waals surface area contributed by atoms with Gasteiger partial charge < -0.3 is 5.73 Å². The Balaban J connectivity index is 2.57. The maximum absolute atomic E-state index is 10.2. The summed E-state index contributed by atoms with van der Waals surface area (Å²) in [5.41, 5.74) is 4.85. The van der Waals surface area contributed by atoms with Crippen LogP contribution < -0.4 is 5.73 Å². The predicted octanol–water partition coefficient (Wildman–Crippen LogP) is 0.0385. The number of rotatable bonds is 3. The molecule has 0 fully saturated rings. The van der Waals surface area contributed by atoms with E-state index < -0.39 is 0 Å². The molecule has 1 aromatic carbocycles. The molecule has 0 bridgehead atoms. The Morgan fingerprint density at radius 2 is 2.00 bits per heavy atom. The van der Waals surface area contributed by atoms with Gasteiger partial charge in [-0.05, 0) is 5.56 Å².